The lowest BCUT2D eigenvalue weighted by Gasteiger charge is -2.36. The van der Waals surface area contributed by atoms with E-state index in [-0.39, 0.29) is 6.04 Å². The van der Waals surface area contributed by atoms with Crippen LogP contribution < -0.4 is 10.2 Å². The quantitative estimate of drug-likeness (QED) is 0.517. The molecule has 4 amide bonds. The Morgan fingerprint density at radius 3 is 2.55 bits per heavy atom. The van der Waals surface area contributed by atoms with Crippen LogP contribution in [0.25, 0.3) is 0 Å². The topological polar surface area (TPSA) is 83.3 Å². The zero-order valence-electron chi connectivity index (χ0n) is 13.3. The van der Waals surface area contributed by atoms with Gasteiger partial charge in [-0.3, -0.25) is 24.8 Å². The molecule has 1 aliphatic heterocycles. The van der Waals surface area contributed by atoms with E-state index < -0.39 is 23.8 Å². The number of amides is 4. The first-order valence-corrected chi connectivity index (χ1v) is 7.97. The second kappa shape index (κ2) is 7.49. The molecule has 1 saturated carbocycles. The standard InChI is InChI=1S/C15H24N4O3/c1-18(2)9-8-16-10-12-13(20)17-15(22)19(14(12)21)11-6-4-3-5-7-11/h10-12H,3-9H2,1-2H3,(H,17,20,22)/p+1. The third-order valence-electron chi connectivity index (χ3n) is 4.17. The van der Waals surface area contributed by atoms with Crippen LogP contribution in [0.5, 0.6) is 0 Å². The number of hydrogen-bond acceptors (Lipinski definition) is 4. The first kappa shape index (κ1) is 16.6. The highest BCUT2D eigenvalue weighted by Crippen LogP contribution is 2.25. The van der Waals surface area contributed by atoms with Crippen molar-refractivity contribution in [1.29, 1.82) is 0 Å². The van der Waals surface area contributed by atoms with E-state index in [0.717, 1.165) is 38.6 Å². The maximum absolute atomic E-state index is 12.5. The molecule has 22 heavy (non-hydrogen) atoms. The number of barbiturate groups is 1. The number of rotatable bonds is 5. The first-order valence-electron chi connectivity index (χ1n) is 7.97. The van der Waals surface area contributed by atoms with Crippen LogP contribution >= 0.6 is 0 Å². The summed E-state index contributed by atoms with van der Waals surface area (Å²) in [5.41, 5.74) is 0. The molecule has 122 valence electrons. The van der Waals surface area contributed by atoms with Crippen molar-refractivity contribution < 1.29 is 19.3 Å². The van der Waals surface area contributed by atoms with Gasteiger partial charge in [-0.1, -0.05) is 19.3 Å². The third-order valence-corrected chi connectivity index (χ3v) is 4.17. The first-order chi connectivity index (χ1) is 10.5. The molecule has 0 spiro atoms. The molecule has 0 radical (unpaired) electrons. The van der Waals surface area contributed by atoms with Crippen molar-refractivity contribution in [3.8, 4) is 0 Å². The third kappa shape index (κ3) is 3.91. The van der Waals surface area contributed by atoms with E-state index in [1.807, 2.05) is 14.1 Å². The van der Waals surface area contributed by atoms with E-state index in [4.69, 9.17) is 0 Å². The molecule has 0 aromatic rings. The monoisotopic (exact) mass is 309 g/mol. The Bertz CT molecular complexity index is 469. The Morgan fingerprint density at radius 2 is 1.91 bits per heavy atom. The van der Waals surface area contributed by atoms with Crippen molar-refractivity contribution >= 4 is 24.1 Å². The normalized spacial score (nSPS) is 24.4. The number of quaternary nitrogens is 1. The Balaban J connectivity index is 2.04. The fourth-order valence-electron chi connectivity index (χ4n) is 2.89. The highest BCUT2D eigenvalue weighted by atomic mass is 16.2. The van der Waals surface area contributed by atoms with Gasteiger partial charge in [0, 0.05) is 12.3 Å². The summed E-state index contributed by atoms with van der Waals surface area (Å²) in [6, 6.07) is -0.666. The van der Waals surface area contributed by atoms with Crippen LogP contribution in [0, 0.1) is 5.92 Å². The van der Waals surface area contributed by atoms with Crippen molar-refractivity contribution in [2.75, 3.05) is 27.2 Å². The highest BCUT2D eigenvalue weighted by Gasteiger charge is 2.42. The largest absolute Gasteiger partial charge is 0.338 e. The van der Waals surface area contributed by atoms with Gasteiger partial charge >= 0.3 is 6.03 Å². The predicted molar refractivity (Wildman–Crippen MR) is 81.8 cm³/mol. The van der Waals surface area contributed by atoms with Crippen LogP contribution in [0.4, 0.5) is 4.79 Å². The van der Waals surface area contributed by atoms with Gasteiger partial charge in [-0.15, -0.1) is 0 Å². The maximum atomic E-state index is 12.5. The van der Waals surface area contributed by atoms with Gasteiger partial charge in [-0.25, -0.2) is 4.79 Å². The molecule has 0 aromatic heterocycles. The summed E-state index contributed by atoms with van der Waals surface area (Å²) >= 11 is 0. The summed E-state index contributed by atoms with van der Waals surface area (Å²) in [6.45, 7) is 1.38. The van der Waals surface area contributed by atoms with Gasteiger partial charge in [0.15, 0.2) is 5.92 Å². The molecule has 1 heterocycles. The molecule has 1 unspecified atom stereocenters. The molecule has 1 atom stereocenters. The van der Waals surface area contributed by atoms with Crippen molar-refractivity contribution in [3.63, 3.8) is 0 Å². The highest BCUT2D eigenvalue weighted by molar-refractivity contribution is 6.23. The molecule has 0 bridgehead atoms. The minimum atomic E-state index is -0.975. The fraction of sp³-hybridized carbons (Fsp3) is 0.733. The lowest BCUT2D eigenvalue weighted by atomic mass is 9.92. The van der Waals surface area contributed by atoms with Crippen LogP contribution in [-0.2, 0) is 9.59 Å². The van der Waals surface area contributed by atoms with E-state index in [2.05, 4.69) is 10.3 Å². The summed E-state index contributed by atoms with van der Waals surface area (Å²) in [5, 5.41) is 2.29. The minimum Gasteiger partial charge on any atom is -0.338 e. The van der Waals surface area contributed by atoms with Crippen LogP contribution in [0.1, 0.15) is 32.1 Å². The van der Waals surface area contributed by atoms with Crippen LogP contribution in [0.2, 0.25) is 0 Å². The molecule has 7 heteroatoms. The number of carbonyl (C=O) groups is 3. The van der Waals surface area contributed by atoms with Crippen LogP contribution in [-0.4, -0.2) is 62.2 Å². The summed E-state index contributed by atoms with van der Waals surface area (Å²) < 4.78 is 0. The molecule has 2 N–H and O–H groups in total. The van der Waals surface area contributed by atoms with Gasteiger partial charge in [-0.05, 0) is 12.8 Å². The molecule has 2 aliphatic rings. The van der Waals surface area contributed by atoms with Gasteiger partial charge in [-0.2, -0.15) is 0 Å². The Kier molecular flexibility index (Phi) is 5.65. The number of urea groups is 1. The van der Waals surface area contributed by atoms with Gasteiger partial charge in [0.05, 0.1) is 27.2 Å². The summed E-state index contributed by atoms with van der Waals surface area (Å²) in [5.74, 6) is -1.97. The lowest BCUT2D eigenvalue weighted by Crippen LogP contribution is -3.06. The number of likely N-dealkylation sites (N-methyl/N-ethyl adjacent to an activating group) is 1. The smallest absolute Gasteiger partial charge is 0.331 e. The molecule has 0 aromatic carbocycles. The van der Waals surface area contributed by atoms with E-state index >= 15 is 0 Å². The molecule has 2 rings (SSSR count). The Morgan fingerprint density at radius 1 is 1.23 bits per heavy atom. The molecule has 1 aliphatic carbocycles. The second-order valence-electron chi connectivity index (χ2n) is 6.28. The van der Waals surface area contributed by atoms with E-state index in [1.54, 1.807) is 0 Å². The van der Waals surface area contributed by atoms with Crippen LogP contribution in [0.15, 0.2) is 4.99 Å². The zero-order valence-corrected chi connectivity index (χ0v) is 13.3. The minimum absolute atomic E-state index is 0.0866. The fourth-order valence-corrected chi connectivity index (χ4v) is 2.89. The maximum Gasteiger partial charge on any atom is 0.331 e. The summed E-state index contributed by atoms with van der Waals surface area (Å²) in [6.07, 6.45) is 6.20. The van der Waals surface area contributed by atoms with Crippen molar-refractivity contribution in [3.05, 3.63) is 0 Å². The number of nitrogens with zero attached hydrogens (tertiary/aromatic N) is 2. The molecule has 7 nitrogen and oxygen atoms in total. The predicted octanol–water partition coefficient (Wildman–Crippen LogP) is -0.771. The SMILES string of the molecule is C[NH+](C)CCN=CC1C(=O)NC(=O)N(C2CCCCC2)C1=O. The van der Waals surface area contributed by atoms with Gasteiger partial charge < -0.3 is 4.90 Å². The van der Waals surface area contributed by atoms with Gasteiger partial charge in [0.1, 0.15) is 0 Å². The zero-order chi connectivity index (χ0) is 16.1. The molecular formula is C15H25N4O3+. The molecule has 1 saturated heterocycles. The van der Waals surface area contributed by atoms with Crippen LogP contribution in [0.3, 0.4) is 0 Å². The van der Waals surface area contributed by atoms with E-state index in [9.17, 15) is 14.4 Å². The van der Waals surface area contributed by atoms with E-state index in [0.29, 0.717) is 6.54 Å². The average Bonchev–Trinajstić information content (AvgIpc) is 2.46. The van der Waals surface area contributed by atoms with Gasteiger partial charge in [0.2, 0.25) is 11.8 Å². The average molecular weight is 309 g/mol. The number of imide groups is 2. The van der Waals surface area contributed by atoms with Crippen molar-refractivity contribution in [2.24, 2.45) is 10.9 Å². The molecule has 2 fully saturated rings. The number of carbonyl (C=O) groups excluding carboxylic acids is 3. The van der Waals surface area contributed by atoms with E-state index in [1.165, 1.54) is 16.0 Å². The van der Waals surface area contributed by atoms with Crippen molar-refractivity contribution in [1.82, 2.24) is 10.2 Å². The molecular weight excluding hydrogens is 284 g/mol. The number of nitrogens with one attached hydrogen (secondary N) is 2. The number of aliphatic imine (C=N–C) groups is 1. The van der Waals surface area contributed by atoms with Gasteiger partial charge in [0.25, 0.3) is 0 Å². The second-order valence-corrected chi connectivity index (χ2v) is 6.28. The Hall–Kier alpha value is -1.76. The number of hydrogen-bond donors (Lipinski definition) is 2. The Labute approximate surface area is 130 Å². The summed E-state index contributed by atoms with van der Waals surface area (Å²) in [4.78, 5) is 43.1. The lowest BCUT2D eigenvalue weighted by molar-refractivity contribution is -0.856. The van der Waals surface area contributed by atoms with Crippen molar-refractivity contribution in [2.45, 2.75) is 38.1 Å². The summed E-state index contributed by atoms with van der Waals surface area (Å²) in [7, 11) is 4.02.